The Bertz CT molecular complexity index is 1080. The second-order valence-electron chi connectivity index (χ2n) is 6.60. The Hall–Kier alpha value is -3.93. The number of carboxylic acids is 1. The molecular formula is C23H17NO5. The number of benzene rings is 3. The Kier molecular flexibility index (Phi) is 4.83. The first-order chi connectivity index (χ1) is 14.1. The maximum Gasteiger partial charge on any atom is 0.335 e. The number of carbonyl (C=O) groups is 3. The van der Waals surface area contributed by atoms with Gasteiger partial charge >= 0.3 is 5.97 Å². The zero-order valence-electron chi connectivity index (χ0n) is 15.3. The van der Waals surface area contributed by atoms with Crippen molar-refractivity contribution in [3.8, 4) is 5.75 Å². The Balaban J connectivity index is 1.69. The van der Waals surface area contributed by atoms with Gasteiger partial charge in [-0.15, -0.1) is 0 Å². The third kappa shape index (κ3) is 3.48. The minimum atomic E-state index is -1.15. The zero-order chi connectivity index (χ0) is 20.4. The van der Waals surface area contributed by atoms with Crippen LogP contribution in [-0.4, -0.2) is 34.4 Å². The van der Waals surface area contributed by atoms with E-state index in [2.05, 4.69) is 0 Å². The van der Waals surface area contributed by atoms with Gasteiger partial charge in [0.2, 0.25) is 0 Å². The van der Waals surface area contributed by atoms with Gasteiger partial charge in [-0.2, -0.15) is 0 Å². The first-order valence-corrected chi connectivity index (χ1v) is 9.04. The third-order valence-electron chi connectivity index (χ3n) is 4.81. The summed E-state index contributed by atoms with van der Waals surface area (Å²) in [5.41, 5.74) is 0.996. The van der Waals surface area contributed by atoms with Crippen molar-refractivity contribution in [2.24, 2.45) is 0 Å². The van der Waals surface area contributed by atoms with Crippen LogP contribution in [0.1, 0.15) is 42.7 Å². The lowest BCUT2D eigenvalue weighted by Gasteiger charge is -2.26. The van der Waals surface area contributed by atoms with Crippen LogP contribution >= 0.6 is 0 Å². The molecule has 1 atom stereocenters. The van der Waals surface area contributed by atoms with Gasteiger partial charge in [0.25, 0.3) is 11.8 Å². The van der Waals surface area contributed by atoms with Crippen molar-refractivity contribution in [2.45, 2.75) is 6.04 Å². The van der Waals surface area contributed by atoms with Crippen molar-refractivity contribution in [2.75, 3.05) is 6.61 Å². The molecule has 1 unspecified atom stereocenters. The summed E-state index contributed by atoms with van der Waals surface area (Å²) in [6.45, 7) is 0.0747. The number of para-hydroxylation sites is 1. The molecule has 4 rings (SSSR count). The number of amides is 2. The smallest absolute Gasteiger partial charge is 0.335 e. The predicted molar refractivity (Wildman–Crippen MR) is 105 cm³/mol. The molecule has 1 N–H and O–H groups in total. The first kappa shape index (κ1) is 18.4. The van der Waals surface area contributed by atoms with Crippen LogP contribution in [0.15, 0.2) is 78.9 Å². The quantitative estimate of drug-likeness (QED) is 0.651. The number of nitrogens with zero attached hydrogens (tertiary/aromatic N) is 1. The van der Waals surface area contributed by atoms with E-state index in [0.29, 0.717) is 5.75 Å². The average molecular weight is 387 g/mol. The molecule has 0 saturated carbocycles. The van der Waals surface area contributed by atoms with Crippen LogP contribution in [0.3, 0.4) is 0 Å². The van der Waals surface area contributed by atoms with Gasteiger partial charge in [0.05, 0.1) is 22.7 Å². The maximum atomic E-state index is 13.1. The molecule has 0 fully saturated rings. The van der Waals surface area contributed by atoms with E-state index in [9.17, 15) is 19.5 Å². The van der Waals surface area contributed by atoms with E-state index in [1.54, 1.807) is 12.1 Å². The molecule has 144 valence electrons. The molecule has 2 amide bonds. The van der Waals surface area contributed by atoms with Crippen molar-refractivity contribution < 1.29 is 24.2 Å². The lowest BCUT2D eigenvalue weighted by atomic mass is 10.1. The van der Waals surface area contributed by atoms with Crippen LogP contribution < -0.4 is 4.74 Å². The van der Waals surface area contributed by atoms with E-state index in [1.807, 2.05) is 48.5 Å². The van der Waals surface area contributed by atoms with E-state index in [-0.39, 0.29) is 23.3 Å². The van der Waals surface area contributed by atoms with Crippen LogP contribution in [0.4, 0.5) is 0 Å². The lowest BCUT2D eigenvalue weighted by Crippen LogP contribution is -2.37. The third-order valence-corrected chi connectivity index (χ3v) is 4.81. The minimum Gasteiger partial charge on any atom is -0.491 e. The molecule has 0 aliphatic carbocycles. The highest BCUT2D eigenvalue weighted by Gasteiger charge is 2.41. The summed E-state index contributed by atoms with van der Waals surface area (Å²) in [6, 6.07) is 21.6. The topological polar surface area (TPSA) is 83.9 Å². The molecule has 3 aromatic rings. The van der Waals surface area contributed by atoms with Gasteiger partial charge in [0.1, 0.15) is 12.4 Å². The summed E-state index contributed by atoms with van der Waals surface area (Å²) < 4.78 is 5.85. The highest BCUT2D eigenvalue weighted by atomic mass is 16.5. The number of hydrogen-bond donors (Lipinski definition) is 1. The molecule has 1 aliphatic rings. The van der Waals surface area contributed by atoms with Gasteiger partial charge in [-0.1, -0.05) is 48.5 Å². The van der Waals surface area contributed by atoms with Crippen molar-refractivity contribution in [3.63, 3.8) is 0 Å². The first-order valence-electron chi connectivity index (χ1n) is 9.04. The van der Waals surface area contributed by atoms with Gasteiger partial charge in [0, 0.05) is 0 Å². The standard InChI is InChI=1S/C23H17NO5/c25-21-18-12-11-16(23(27)28)13-19(18)22(26)24(21)20(15-7-3-1-4-8-15)14-29-17-9-5-2-6-10-17/h1-13,20H,14H2,(H,27,28). The molecule has 0 aromatic heterocycles. The summed E-state index contributed by atoms with van der Waals surface area (Å²) in [6.07, 6.45) is 0. The van der Waals surface area contributed by atoms with Crippen molar-refractivity contribution >= 4 is 17.8 Å². The monoisotopic (exact) mass is 387 g/mol. The van der Waals surface area contributed by atoms with Gasteiger partial charge in [-0.3, -0.25) is 14.5 Å². The Labute approximate surface area is 167 Å². The molecule has 6 nitrogen and oxygen atoms in total. The van der Waals surface area contributed by atoms with E-state index in [4.69, 9.17) is 4.74 Å². The van der Waals surface area contributed by atoms with Crippen LogP contribution in [0, 0.1) is 0 Å². The van der Waals surface area contributed by atoms with Gasteiger partial charge in [-0.25, -0.2) is 4.79 Å². The highest BCUT2D eigenvalue weighted by Crippen LogP contribution is 2.32. The van der Waals surface area contributed by atoms with E-state index in [1.165, 1.54) is 18.2 Å². The molecule has 3 aromatic carbocycles. The summed E-state index contributed by atoms with van der Waals surface area (Å²) in [5.74, 6) is -1.53. The Morgan fingerprint density at radius 1 is 0.862 bits per heavy atom. The summed E-state index contributed by atoms with van der Waals surface area (Å²) in [5, 5.41) is 9.20. The summed E-state index contributed by atoms with van der Waals surface area (Å²) in [4.78, 5) is 38.5. The van der Waals surface area contributed by atoms with Gasteiger partial charge in [-0.05, 0) is 35.9 Å². The number of fused-ring (bicyclic) bond motifs is 1. The fourth-order valence-electron chi connectivity index (χ4n) is 3.36. The summed E-state index contributed by atoms with van der Waals surface area (Å²) >= 11 is 0. The summed E-state index contributed by atoms with van der Waals surface area (Å²) in [7, 11) is 0. The van der Waals surface area contributed by atoms with Crippen molar-refractivity contribution in [1.29, 1.82) is 0 Å². The van der Waals surface area contributed by atoms with Gasteiger partial charge < -0.3 is 9.84 Å². The molecule has 1 heterocycles. The number of ether oxygens (including phenoxy) is 1. The Morgan fingerprint density at radius 2 is 1.48 bits per heavy atom. The maximum absolute atomic E-state index is 13.1. The molecule has 0 saturated heterocycles. The van der Waals surface area contributed by atoms with Crippen molar-refractivity contribution in [3.05, 3.63) is 101 Å². The number of aromatic carboxylic acids is 1. The van der Waals surface area contributed by atoms with E-state index in [0.717, 1.165) is 10.5 Å². The average Bonchev–Trinajstić information content (AvgIpc) is 3.00. The SMILES string of the molecule is O=C(O)c1ccc2c(c1)C(=O)N(C(COc1ccccc1)c1ccccc1)C2=O. The molecular weight excluding hydrogens is 370 g/mol. The molecule has 0 spiro atoms. The Morgan fingerprint density at radius 3 is 2.14 bits per heavy atom. The molecule has 0 bridgehead atoms. The molecule has 1 aliphatic heterocycles. The second kappa shape index (κ2) is 7.59. The number of carboxylic acid groups (broad SMARTS) is 1. The fraction of sp³-hybridized carbons (Fsp3) is 0.0870. The van der Waals surface area contributed by atoms with Gasteiger partial charge in [0.15, 0.2) is 0 Å². The van der Waals surface area contributed by atoms with Crippen LogP contribution in [0.5, 0.6) is 5.75 Å². The number of carbonyl (C=O) groups excluding carboxylic acids is 2. The number of hydrogen-bond acceptors (Lipinski definition) is 4. The number of rotatable bonds is 6. The normalized spacial score (nSPS) is 13.9. The minimum absolute atomic E-state index is 0.0384. The number of imide groups is 1. The fourth-order valence-corrected chi connectivity index (χ4v) is 3.36. The second-order valence-corrected chi connectivity index (χ2v) is 6.60. The highest BCUT2D eigenvalue weighted by molar-refractivity contribution is 6.22. The van der Waals surface area contributed by atoms with E-state index < -0.39 is 23.8 Å². The van der Waals surface area contributed by atoms with Crippen LogP contribution in [-0.2, 0) is 0 Å². The van der Waals surface area contributed by atoms with Crippen LogP contribution in [0.25, 0.3) is 0 Å². The largest absolute Gasteiger partial charge is 0.491 e. The zero-order valence-corrected chi connectivity index (χ0v) is 15.3. The van der Waals surface area contributed by atoms with Crippen molar-refractivity contribution in [1.82, 2.24) is 4.90 Å². The molecule has 0 radical (unpaired) electrons. The predicted octanol–water partition coefficient (Wildman–Crippen LogP) is 3.80. The lowest BCUT2D eigenvalue weighted by molar-refractivity contribution is 0.0529. The molecule has 6 heteroatoms. The molecule has 29 heavy (non-hydrogen) atoms. The van der Waals surface area contributed by atoms with Crippen LogP contribution in [0.2, 0.25) is 0 Å². The van der Waals surface area contributed by atoms with E-state index >= 15 is 0 Å².